The molecule has 0 spiro atoms. The highest BCUT2D eigenvalue weighted by Gasteiger charge is 2.38. The fraction of sp³-hybridized carbons (Fsp3) is 0.150. The predicted molar refractivity (Wildman–Crippen MR) is 97.1 cm³/mol. The van der Waals surface area contributed by atoms with Gasteiger partial charge in [-0.25, -0.2) is 14.4 Å². The van der Waals surface area contributed by atoms with E-state index in [0.717, 1.165) is 0 Å². The summed E-state index contributed by atoms with van der Waals surface area (Å²) < 4.78 is 15.4. The number of hydrogen-bond acceptors (Lipinski definition) is 6. The summed E-state index contributed by atoms with van der Waals surface area (Å²) in [7, 11) is 0. The molecule has 3 rings (SSSR count). The first-order valence-corrected chi connectivity index (χ1v) is 8.37. The molecule has 0 saturated carbocycles. The van der Waals surface area contributed by atoms with Crippen LogP contribution in [0.3, 0.4) is 0 Å². The first kappa shape index (κ1) is 18.7. The zero-order chi connectivity index (χ0) is 19.6. The Labute approximate surface area is 160 Å². The van der Waals surface area contributed by atoms with Gasteiger partial charge in [-0.05, 0) is 48.0 Å². The summed E-state index contributed by atoms with van der Waals surface area (Å²) in [6.45, 7) is 2.94. The van der Waals surface area contributed by atoms with E-state index in [1.165, 1.54) is 26.0 Å². The van der Waals surface area contributed by atoms with Gasteiger partial charge in [0.2, 0.25) is 0 Å². The molecule has 7 heteroatoms. The van der Waals surface area contributed by atoms with Crippen molar-refractivity contribution in [2.45, 2.75) is 19.6 Å². The van der Waals surface area contributed by atoms with Gasteiger partial charge in [-0.15, -0.1) is 0 Å². The van der Waals surface area contributed by atoms with Gasteiger partial charge in [-0.3, -0.25) is 0 Å². The maximum atomic E-state index is 12.2. The van der Waals surface area contributed by atoms with Gasteiger partial charge in [-0.2, -0.15) is 0 Å². The lowest BCUT2D eigenvalue weighted by atomic mass is 10.1. The van der Waals surface area contributed by atoms with Crippen LogP contribution < -0.4 is 4.74 Å². The molecule has 0 amide bonds. The average Bonchev–Trinajstić information content (AvgIpc) is 2.58. The average molecular weight is 387 g/mol. The lowest BCUT2D eigenvalue weighted by Crippen LogP contribution is -2.41. The van der Waals surface area contributed by atoms with Crippen molar-refractivity contribution in [1.29, 1.82) is 0 Å². The Morgan fingerprint density at radius 3 is 2.30 bits per heavy atom. The van der Waals surface area contributed by atoms with Crippen molar-refractivity contribution >= 4 is 35.6 Å². The molecule has 0 atom stereocenters. The second-order valence-corrected chi connectivity index (χ2v) is 6.64. The fourth-order valence-electron chi connectivity index (χ4n) is 2.36. The Kier molecular flexibility index (Phi) is 5.01. The normalized spacial score (nSPS) is 15.6. The van der Waals surface area contributed by atoms with Crippen molar-refractivity contribution in [1.82, 2.24) is 0 Å². The molecule has 27 heavy (non-hydrogen) atoms. The first-order valence-electron chi connectivity index (χ1n) is 8.00. The molecular formula is C20H15ClO6. The number of carbonyl (C=O) groups excluding carboxylic acids is 3. The molecule has 2 aromatic carbocycles. The van der Waals surface area contributed by atoms with Gasteiger partial charge in [0.1, 0.15) is 11.3 Å². The minimum Gasteiger partial charge on any atom is -0.423 e. The Morgan fingerprint density at radius 2 is 1.67 bits per heavy atom. The Morgan fingerprint density at radius 1 is 1.04 bits per heavy atom. The molecule has 0 aliphatic carbocycles. The summed E-state index contributed by atoms with van der Waals surface area (Å²) in [4.78, 5) is 36.2. The molecule has 0 N–H and O–H groups in total. The summed E-state index contributed by atoms with van der Waals surface area (Å²) in [5, 5.41) is 0.509. The second kappa shape index (κ2) is 7.25. The maximum Gasteiger partial charge on any atom is 0.348 e. The van der Waals surface area contributed by atoms with Gasteiger partial charge in [0.05, 0.1) is 5.56 Å². The van der Waals surface area contributed by atoms with Gasteiger partial charge in [0, 0.05) is 18.9 Å². The smallest absolute Gasteiger partial charge is 0.348 e. The molecular weight excluding hydrogens is 372 g/mol. The van der Waals surface area contributed by atoms with E-state index in [-0.39, 0.29) is 11.3 Å². The van der Waals surface area contributed by atoms with E-state index < -0.39 is 23.7 Å². The van der Waals surface area contributed by atoms with Crippen LogP contribution in [0.15, 0.2) is 54.1 Å². The molecule has 1 heterocycles. The van der Waals surface area contributed by atoms with Crippen LogP contribution in [-0.2, 0) is 19.1 Å². The molecule has 0 unspecified atom stereocenters. The third-order valence-corrected chi connectivity index (χ3v) is 3.83. The molecule has 6 nitrogen and oxygen atoms in total. The van der Waals surface area contributed by atoms with Gasteiger partial charge in [0.25, 0.3) is 5.79 Å². The summed E-state index contributed by atoms with van der Waals surface area (Å²) in [6.07, 6.45) is 1.32. The van der Waals surface area contributed by atoms with Crippen molar-refractivity contribution < 1.29 is 28.6 Å². The Balaban J connectivity index is 1.79. The van der Waals surface area contributed by atoms with E-state index >= 15 is 0 Å². The number of esters is 3. The van der Waals surface area contributed by atoms with Gasteiger partial charge in [0.15, 0.2) is 0 Å². The Bertz CT molecular complexity index is 921. The topological polar surface area (TPSA) is 78.9 Å². The van der Waals surface area contributed by atoms with Crippen molar-refractivity contribution in [2.75, 3.05) is 0 Å². The number of carbonyl (C=O) groups is 3. The van der Waals surface area contributed by atoms with Gasteiger partial charge < -0.3 is 14.2 Å². The molecule has 0 radical (unpaired) electrons. The monoisotopic (exact) mass is 386 g/mol. The number of ether oxygens (including phenoxy) is 3. The van der Waals surface area contributed by atoms with E-state index in [9.17, 15) is 14.4 Å². The summed E-state index contributed by atoms with van der Waals surface area (Å²) in [5.41, 5.74) is 0.570. The summed E-state index contributed by atoms with van der Waals surface area (Å²) in [5.74, 6) is -3.17. The summed E-state index contributed by atoms with van der Waals surface area (Å²) in [6, 6.07) is 12.6. The van der Waals surface area contributed by atoms with Crippen LogP contribution in [0, 0.1) is 0 Å². The van der Waals surface area contributed by atoms with Crippen molar-refractivity contribution in [3.63, 3.8) is 0 Å². The number of benzene rings is 2. The minimum absolute atomic E-state index is 0.240. The third kappa shape index (κ3) is 4.54. The van der Waals surface area contributed by atoms with Crippen molar-refractivity contribution in [2.24, 2.45) is 0 Å². The third-order valence-electron chi connectivity index (χ3n) is 3.58. The lowest BCUT2D eigenvalue weighted by Gasteiger charge is -2.29. The molecule has 1 fully saturated rings. The van der Waals surface area contributed by atoms with Crippen LogP contribution in [0.2, 0.25) is 5.02 Å². The molecule has 0 bridgehead atoms. The van der Waals surface area contributed by atoms with Crippen molar-refractivity contribution in [3.05, 3.63) is 70.3 Å². The van der Waals surface area contributed by atoms with Crippen LogP contribution in [-0.4, -0.2) is 23.7 Å². The Hall–Kier alpha value is -3.12. The molecule has 0 aromatic heterocycles. The van der Waals surface area contributed by atoms with E-state index in [1.54, 1.807) is 42.5 Å². The highest BCUT2D eigenvalue weighted by Crippen LogP contribution is 2.25. The standard InChI is InChI=1S/C20H15ClO6/c1-20(2)26-18(23)16(19(24)27-20)11-12-4-3-5-15(10-12)25-17(22)13-6-8-14(21)9-7-13/h3-11H,1-2H3. The molecule has 1 aliphatic rings. The summed E-state index contributed by atoms with van der Waals surface area (Å²) >= 11 is 5.80. The van der Waals surface area contributed by atoms with Crippen LogP contribution in [0.1, 0.15) is 29.8 Å². The quantitative estimate of drug-likeness (QED) is 0.346. The van der Waals surface area contributed by atoms with Crippen LogP contribution in [0.4, 0.5) is 0 Å². The highest BCUT2D eigenvalue weighted by atomic mass is 35.5. The molecule has 2 aromatic rings. The van der Waals surface area contributed by atoms with E-state index in [4.69, 9.17) is 25.8 Å². The zero-order valence-corrected chi connectivity index (χ0v) is 15.3. The molecule has 1 aliphatic heterocycles. The number of halogens is 1. The zero-order valence-electron chi connectivity index (χ0n) is 14.5. The number of rotatable bonds is 3. The van der Waals surface area contributed by atoms with Crippen LogP contribution in [0.25, 0.3) is 6.08 Å². The molecule has 138 valence electrons. The first-order chi connectivity index (χ1) is 12.7. The van der Waals surface area contributed by atoms with E-state index in [0.29, 0.717) is 16.1 Å². The highest BCUT2D eigenvalue weighted by molar-refractivity contribution is 6.30. The minimum atomic E-state index is -1.30. The SMILES string of the molecule is CC1(C)OC(=O)C(=Cc2cccc(OC(=O)c3ccc(Cl)cc3)c2)C(=O)O1. The van der Waals surface area contributed by atoms with Gasteiger partial charge >= 0.3 is 17.9 Å². The number of cyclic esters (lactones) is 2. The van der Waals surface area contributed by atoms with E-state index in [2.05, 4.69) is 0 Å². The largest absolute Gasteiger partial charge is 0.423 e. The van der Waals surface area contributed by atoms with Crippen LogP contribution in [0.5, 0.6) is 5.75 Å². The number of hydrogen-bond donors (Lipinski definition) is 0. The van der Waals surface area contributed by atoms with Gasteiger partial charge in [-0.1, -0.05) is 23.7 Å². The second-order valence-electron chi connectivity index (χ2n) is 6.21. The fourth-order valence-corrected chi connectivity index (χ4v) is 2.49. The van der Waals surface area contributed by atoms with Crippen LogP contribution >= 0.6 is 11.6 Å². The van der Waals surface area contributed by atoms with E-state index in [1.807, 2.05) is 0 Å². The predicted octanol–water partition coefficient (Wildman–Crippen LogP) is 3.78. The lowest BCUT2D eigenvalue weighted by molar-refractivity contribution is -0.222. The van der Waals surface area contributed by atoms with Crippen molar-refractivity contribution in [3.8, 4) is 5.75 Å². The maximum absolute atomic E-state index is 12.2. The molecule has 1 saturated heterocycles.